The quantitative estimate of drug-likeness (QED) is 0.579. The van der Waals surface area contributed by atoms with Crippen LogP contribution in [0, 0.1) is 6.92 Å². The van der Waals surface area contributed by atoms with Crippen molar-refractivity contribution in [3.8, 4) is 0 Å². The normalized spacial score (nSPS) is 9.40. The van der Waals surface area contributed by atoms with E-state index in [1.54, 1.807) is 6.08 Å². The molecule has 1 rings (SSSR count). The van der Waals surface area contributed by atoms with Crippen LogP contribution in [-0.2, 0) is 0 Å². The summed E-state index contributed by atoms with van der Waals surface area (Å²) in [6.07, 6.45) is 1.71. The average molecular weight is 152 g/mol. The van der Waals surface area contributed by atoms with Crippen molar-refractivity contribution in [1.29, 1.82) is 0 Å². The predicted molar refractivity (Wildman–Crippen MR) is 46.0 cm³/mol. The first-order chi connectivity index (χ1) is 4.75. The molecule has 1 radical (unpaired) electrons. The second-order valence-corrected chi connectivity index (χ2v) is 2.42. The molecule has 0 nitrogen and oxygen atoms in total. The molecule has 1 aromatic rings. The molecule has 0 N–H and O–H groups in total. The van der Waals surface area contributed by atoms with Gasteiger partial charge in [-0.15, -0.1) is 0 Å². The molecule has 10 heavy (non-hydrogen) atoms. The summed E-state index contributed by atoms with van der Waals surface area (Å²) in [6, 6.07) is 5.60. The Balaban J connectivity index is 3.30. The second kappa shape index (κ2) is 2.89. The Morgan fingerprint density at radius 1 is 1.40 bits per heavy atom. The van der Waals surface area contributed by atoms with Gasteiger partial charge in [-0.2, -0.15) is 0 Å². The van der Waals surface area contributed by atoms with Gasteiger partial charge in [-0.05, 0) is 24.1 Å². The van der Waals surface area contributed by atoms with Crippen molar-refractivity contribution in [2.24, 2.45) is 0 Å². The summed E-state index contributed by atoms with van der Waals surface area (Å²) in [6.45, 7) is 7.42. The zero-order chi connectivity index (χ0) is 7.56. The van der Waals surface area contributed by atoms with Crippen LogP contribution in [-0.4, -0.2) is 0 Å². The van der Waals surface area contributed by atoms with E-state index in [1.165, 1.54) is 0 Å². The lowest BCUT2D eigenvalue weighted by atomic mass is 10.1. The molecule has 0 heterocycles. The maximum absolute atomic E-state index is 5.82. The van der Waals surface area contributed by atoms with Gasteiger partial charge in [0.05, 0.1) is 0 Å². The lowest BCUT2D eigenvalue weighted by molar-refractivity contribution is 1.57. The van der Waals surface area contributed by atoms with Crippen molar-refractivity contribution in [3.05, 3.63) is 47.9 Å². The van der Waals surface area contributed by atoms with E-state index < -0.39 is 0 Å². The smallest absolute Gasteiger partial charge is 0.0480 e. The summed E-state index contributed by atoms with van der Waals surface area (Å²) in [7, 11) is 0. The highest BCUT2D eigenvalue weighted by Gasteiger charge is 1.96. The van der Waals surface area contributed by atoms with E-state index in [-0.39, 0.29) is 0 Å². The van der Waals surface area contributed by atoms with Gasteiger partial charge in [0.15, 0.2) is 0 Å². The van der Waals surface area contributed by atoms with Gasteiger partial charge in [-0.1, -0.05) is 36.4 Å². The molecule has 0 aromatic heterocycles. The third-order valence-electron chi connectivity index (χ3n) is 1.35. The summed E-state index contributed by atoms with van der Waals surface area (Å²) in [4.78, 5) is 0. The second-order valence-electron chi connectivity index (χ2n) is 2.02. The van der Waals surface area contributed by atoms with Crippen molar-refractivity contribution < 1.29 is 0 Å². The Labute approximate surface area is 66.1 Å². The van der Waals surface area contributed by atoms with Gasteiger partial charge in [0, 0.05) is 5.02 Å². The van der Waals surface area contributed by atoms with Crippen LogP contribution in [0.25, 0.3) is 6.08 Å². The average Bonchev–Trinajstić information content (AvgIpc) is 1.88. The number of rotatable bonds is 1. The number of benzene rings is 1. The van der Waals surface area contributed by atoms with E-state index in [4.69, 9.17) is 11.6 Å². The van der Waals surface area contributed by atoms with Crippen LogP contribution in [0.2, 0.25) is 5.02 Å². The summed E-state index contributed by atoms with van der Waals surface area (Å²) >= 11 is 5.82. The predicted octanol–water partition coefficient (Wildman–Crippen LogP) is 3.17. The zero-order valence-electron chi connectivity index (χ0n) is 5.60. The lowest BCUT2D eigenvalue weighted by Crippen LogP contribution is -1.79. The molecule has 0 aliphatic rings. The zero-order valence-corrected chi connectivity index (χ0v) is 6.36. The highest BCUT2D eigenvalue weighted by molar-refractivity contribution is 6.32. The number of hydrogen-bond donors (Lipinski definition) is 0. The largest absolute Gasteiger partial charge is 0.0984 e. The Morgan fingerprint density at radius 2 is 2.10 bits per heavy atom. The first-order valence-electron chi connectivity index (χ1n) is 2.98. The minimum absolute atomic E-state index is 0.711. The minimum atomic E-state index is 0.711. The maximum Gasteiger partial charge on any atom is 0.0480 e. The highest BCUT2D eigenvalue weighted by atomic mass is 35.5. The van der Waals surface area contributed by atoms with Crippen molar-refractivity contribution in [2.45, 2.75) is 0 Å². The molecule has 0 unspecified atom stereocenters. The summed E-state index contributed by atoms with van der Waals surface area (Å²) in [5, 5.41) is 0.711. The van der Waals surface area contributed by atoms with Crippen molar-refractivity contribution >= 4 is 17.7 Å². The SMILES string of the molecule is [CH2]c1cccc(Cl)c1C=C. The van der Waals surface area contributed by atoms with Crippen molar-refractivity contribution in [2.75, 3.05) is 0 Å². The molecule has 1 heteroatoms. The topological polar surface area (TPSA) is 0 Å². The van der Waals surface area contributed by atoms with E-state index in [2.05, 4.69) is 13.5 Å². The van der Waals surface area contributed by atoms with Gasteiger partial charge < -0.3 is 0 Å². The van der Waals surface area contributed by atoms with Crippen LogP contribution in [0.4, 0.5) is 0 Å². The molecule has 0 amide bonds. The molecule has 0 saturated heterocycles. The fraction of sp³-hybridized carbons (Fsp3) is 0. The van der Waals surface area contributed by atoms with Crippen LogP contribution in [0.15, 0.2) is 24.8 Å². The molecular weight excluding hydrogens is 144 g/mol. The molecule has 0 aliphatic heterocycles. The number of halogens is 1. The van der Waals surface area contributed by atoms with Crippen LogP contribution >= 0.6 is 11.6 Å². The Morgan fingerprint density at radius 3 is 2.50 bits per heavy atom. The monoisotopic (exact) mass is 151 g/mol. The van der Waals surface area contributed by atoms with Gasteiger partial charge in [0.25, 0.3) is 0 Å². The summed E-state index contributed by atoms with van der Waals surface area (Å²) < 4.78 is 0. The third-order valence-corrected chi connectivity index (χ3v) is 1.68. The molecule has 1 aromatic carbocycles. The van der Waals surface area contributed by atoms with Crippen LogP contribution in [0.5, 0.6) is 0 Å². The van der Waals surface area contributed by atoms with Gasteiger partial charge >= 0.3 is 0 Å². The Hall–Kier alpha value is -0.750. The van der Waals surface area contributed by atoms with Crippen LogP contribution < -0.4 is 0 Å². The molecule has 0 fully saturated rings. The molecular formula is C9H8Cl. The Bertz CT molecular complexity index is 231. The van der Waals surface area contributed by atoms with Gasteiger partial charge in [0.1, 0.15) is 0 Å². The lowest BCUT2D eigenvalue weighted by Gasteiger charge is -2.00. The minimum Gasteiger partial charge on any atom is -0.0984 e. The Kier molecular flexibility index (Phi) is 2.13. The van der Waals surface area contributed by atoms with Gasteiger partial charge in [-0.25, -0.2) is 0 Å². The van der Waals surface area contributed by atoms with Crippen LogP contribution in [0.3, 0.4) is 0 Å². The maximum atomic E-state index is 5.82. The number of hydrogen-bond acceptors (Lipinski definition) is 0. The fourth-order valence-electron chi connectivity index (χ4n) is 0.810. The molecule has 0 spiro atoms. The summed E-state index contributed by atoms with van der Waals surface area (Å²) in [5.41, 5.74) is 1.84. The highest BCUT2D eigenvalue weighted by Crippen LogP contribution is 2.19. The molecule has 0 atom stereocenters. The van der Waals surface area contributed by atoms with Gasteiger partial charge in [-0.3, -0.25) is 0 Å². The van der Waals surface area contributed by atoms with E-state index in [9.17, 15) is 0 Å². The molecule has 51 valence electrons. The van der Waals surface area contributed by atoms with Crippen LogP contribution in [0.1, 0.15) is 11.1 Å². The molecule has 0 aliphatic carbocycles. The van der Waals surface area contributed by atoms with Gasteiger partial charge in [0.2, 0.25) is 0 Å². The first-order valence-corrected chi connectivity index (χ1v) is 3.36. The van der Waals surface area contributed by atoms with E-state index in [0.29, 0.717) is 5.02 Å². The van der Waals surface area contributed by atoms with E-state index in [0.717, 1.165) is 11.1 Å². The molecule has 0 saturated carbocycles. The van der Waals surface area contributed by atoms with E-state index in [1.807, 2.05) is 18.2 Å². The first kappa shape index (κ1) is 7.36. The van der Waals surface area contributed by atoms with Crippen molar-refractivity contribution in [1.82, 2.24) is 0 Å². The van der Waals surface area contributed by atoms with Crippen molar-refractivity contribution in [3.63, 3.8) is 0 Å². The molecule has 0 bridgehead atoms. The third kappa shape index (κ3) is 1.22. The standard InChI is InChI=1S/C9H8Cl/c1-3-8-7(2)5-4-6-9(8)10/h3-6H,1-2H2. The van der Waals surface area contributed by atoms with E-state index >= 15 is 0 Å². The summed E-state index contributed by atoms with van der Waals surface area (Å²) in [5.74, 6) is 0. The fourth-order valence-corrected chi connectivity index (χ4v) is 1.08.